The highest BCUT2D eigenvalue weighted by Crippen LogP contribution is 2.44. The third kappa shape index (κ3) is 5.31. The van der Waals surface area contributed by atoms with Crippen molar-refractivity contribution in [2.45, 2.75) is 32.9 Å². The van der Waals surface area contributed by atoms with Gasteiger partial charge >= 0.3 is 5.97 Å². The zero-order valence-corrected chi connectivity index (χ0v) is 24.0. The number of thiocarbonyl (C=S) groups is 1. The number of carbonyl (C=O) groups excluding carboxylic acids is 1. The molecule has 3 heterocycles. The average molecular weight is 570 g/mol. The molecule has 4 aromatic rings. The topological polar surface area (TPSA) is 109 Å². The highest BCUT2D eigenvalue weighted by atomic mass is 32.1. The molecule has 1 amide bonds. The average Bonchev–Trinajstić information content (AvgIpc) is 3.45. The van der Waals surface area contributed by atoms with Gasteiger partial charge in [0.25, 0.3) is 0 Å². The Morgan fingerprint density at radius 3 is 2.51 bits per heavy atom. The van der Waals surface area contributed by atoms with E-state index in [0.29, 0.717) is 16.5 Å². The van der Waals surface area contributed by atoms with Crippen LogP contribution in [-0.2, 0) is 9.53 Å². The molecule has 9 nitrogen and oxygen atoms in total. The summed E-state index contributed by atoms with van der Waals surface area (Å²) >= 11 is 5.90. The number of nitrogens with zero attached hydrogens (tertiary/aromatic N) is 3. The number of para-hydroxylation sites is 1. The Morgan fingerprint density at radius 2 is 1.83 bits per heavy atom. The first-order valence-corrected chi connectivity index (χ1v) is 13.5. The fourth-order valence-electron chi connectivity index (χ4n) is 5.51. The van der Waals surface area contributed by atoms with Crippen LogP contribution in [0.4, 0.5) is 11.4 Å². The SMILES string of the molecule is COCC(=O)Nc1ccc(N2C(=S)N[C@H](c3ccccn3)[C@H]2c2cc(C)n(-c3ccccc3C(=O)O)c2C)cc1C. The number of amides is 1. The lowest BCUT2D eigenvalue weighted by Crippen LogP contribution is -2.29. The van der Waals surface area contributed by atoms with E-state index >= 15 is 0 Å². The number of carbonyl (C=O) groups is 2. The molecule has 210 valence electrons. The van der Waals surface area contributed by atoms with Crippen LogP contribution < -0.4 is 15.5 Å². The molecule has 0 aliphatic carbocycles. The van der Waals surface area contributed by atoms with Gasteiger partial charge in [0, 0.05) is 36.1 Å². The quantitative estimate of drug-likeness (QED) is 0.247. The third-order valence-electron chi connectivity index (χ3n) is 7.30. The minimum Gasteiger partial charge on any atom is -0.478 e. The van der Waals surface area contributed by atoms with Crippen LogP contribution in [0.5, 0.6) is 0 Å². The first-order chi connectivity index (χ1) is 19.7. The van der Waals surface area contributed by atoms with E-state index < -0.39 is 5.97 Å². The number of aryl methyl sites for hydroxylation is 2. The van der Waals surface area contributed by atoms with Crippen LogP contribution in [-0.4, -0.2) is 45.4 Å². The van der Waals surface area contributed by atoms with E-state index in [0.717, 1.165) is 33.9 Å². The Labute approximate surface area is 243 Å². The van der Waals surface area contributed by atoms with Crippen molar-refractivity contribution < 1.29 is 19.4 Å². The Hall–Kier alpha value is -4.54. The van der Waals surface area contributed by atoms with E-state index in [-0.39, 0.29) is 30.2 Å². The molecule has 1 aliphatic heterocycles. The van der Waals surface area contributed by atoms with Crippen LogP contribution in [0, 0.1) is 20.8 Å². The molecule has 0 unspecified atom stereocenters. The van der Waals surface area contributed by atoms with Crippen LogP contribution in [0.2, 0.25) is 0 Å². The molecule has 0 radical (unpaired) electrons. The lowest BCUT2D eigenvalue weighted by atomic mass is 9.96. The molecule has 3 N–H and O–H groups in total. The molecule has 2 aromatic heterocycles. The minimum atomic E-state index is -0.987. The van der Waals surface area contributed by atoms with E-state index in [9.17, 15) is 14.7 Å². The Kier molecular flexibility index (Phi) is 7.87. The fraction of sp³-hybridized carbons (Fsp3) is 0.226. The van der Waals surface area contributed by atoms with Crippen LogP contribution in [0.3, 0.4) is 0 Å². The van der Waals surface area contributed by atoms with Crippen LogP contribution in [0.15, 0.2) is 72.9 Å². The number of aromatic carboxylic acids is 1. The lowest BCUT2D eigenvalue weighted by molar-refractivity contribution is -0.119. The maximum Gasteiger partial charge on any atom is 0.337 e. The number of hydrogen-bond acceptors (Lipinski definition) is 5. The second-order valence-electron chi connectivity index (χ2n) is 9.96. The van der Waals surface area contributed by atoms with Crippen molar-refractivity contribution >= 4 is 40.6 Å². The monoisotopic (exact) mass is 569 g/mol. The molecule has 2 atom stereocenters. The number of carboxylic acids is 1. The summed E-state index contributed by atoms with van der Waals surface area (Å²) in [5, 5.41) is 16.8. The predicted octanol–water partition coefficient (Wildman–Crippen LogP) is 5.26. The molecule has 0 saturated carbocycles. The Balaban J connectivity index is 1.63. The molecule has 1 saturated heterocycles. The van der Waals surface area contributed by atoms with Gasteiger partial charge < -0.3 is 29.9 Å². The third-order valence-corrected chi connectivity index (χ3v) is 7.61. The summed E-state index contributed by atoms with van der Waals surface area (Å²) < 4.78 is 6.92. The maximum atomic E-state index is 12.1. The number of benzene rings is 2. The summed E-state index contributed by atoms with van der Waals surface area (Å²) in [6.07, 6.45) is 1.76. The van der Waals surface area contributed by atoms with Crippen LogP contribution in [0.1, 0.15) is 50.7 Å². The molecule has 0 bridgehead atoms. The van der Waals surface area contributed by atoms with Crippen molar-refractivity contribution in [2.75, 3.05) is 23.9 Å². The summed E-state index contributed by atoms with van der Waals surface area (Å²) in [5.74, 6) is -1.22. The van der Waals surface area contributed by atoms with Gasteiger partial charge in [0.05, 0.1) is 29.0 Å². The van der Waals surface area contributed by atoms with Gasteiger partial charge in [0.1, 0.15) is 6.61 Å². The number of aromatic nitrogens is 2. The Morgan fingerprint density at radius 1 is 1.07 bits per heavy atom. The number of anilines is 2. The number of ether oxygens (including phenoxy) is 1. The van der Waals surface area contributed by atoms with E-state index in [2.05, 4.69) is 26.6 Å². The summed E-state index contributed by atoms with van der Waals surface area (Å²) in [7, 11) is 1.48. The van der Waals surface area contributed by atoms with Gasteiger partial charge in [-0.3, -0.25) is 9.78 Å². The normalized spacial score (nSPS) is 16.5. The summed E-state index contributed by atoms with van der Waals surface area (Å²) in [4.78, 5) is 30.9. The maximum absolute atomic E-state index is 12.1. The fourth-order valence-corrected chi connectivity index (χ4v) is 5.86. The molecule has 10 heteroatoms. The van der Waals surface area contributed by atoms with Gasteiger partial charge in [-0.2, -0.15) is 0 Å². The van der Waals surface area contributed by atoms with E-state index in [1.165, 1.54) is 7.11 Å². The van der Waals surface area contributed by atoms with Gasteiger partial charge in [0.2, 0.25) is 5.91 Å². The standard InChI is InChI=1S/C31H31N5O4S/c1-18-15-21(12-13-24(18)33-27(37)17-40-4)36-29(28(34-31(36)41)25-10-7-8-14-32-25)23-16-19(2)35(20(23)3)26-11-6-5-9-22(26)30(38)39/h5-16,28-29H,17H2,1-4H3,(H,33,37)(H,34,41)(H,38,39)/t28-,29-/m1/s1. The van der Waals surface area contributed by atoms with Crippen molar-refractivity contribution in [2.24, 2.45) is 0 Å². The lowest BCUT2D eigenvalue weighted by Gasteiger charge is -2.29. The van der Waals surface area contributed by atoms with E-state index in [4.69, 9.17) is 17.0 Å². The van der Waals surface area contributed by atoms with Crippen molar-refractivity contribution in [3.63, 3.8) is 0 Å². The summed E-state index contributed by atoms with van der Waals surface area (Å²) in [6.45, 7) is 5.86. The molecular weight excluding hydrogens is 538 g/mol. The van der Waals surface area contributed by atoms with E-state index in [1.807, 2.05) is 73.9 Å². The van der Waals surface area contributed by atoms with Gasteiger partial charge in [-0.1, -0.05) is 18.2 Å². The second kappa shape index (κ2) is 11.5. The van der Waals surface area contributed by atoms with Crippen molar-refractivity contribution in [1.29, 1.82) is 0 Å². The van der Waals surface area contributed by atoms with Crippen LogP contribution in [0.25, 0.3) is 5.69 Å². The molecule has 5 rings (SSSR count). The zero-order valence-electron chi connectivity index (χ0n) is 23.2. The molecule has 0 spiro atoms. The number of pyridine rings is 1. The zero-order chi connectivity index (χ0) is 29.3. The Bertz CT molecular complexity index is 1630. The number of methoxy groups -OCH3 is 1. The summed E-state index contributed by atoms with van der Waals surface area (Å²) in [6, 6.07) is 20.1. The molecule has 1 fully saturated rings. The first-order valence-electron chi connectivity index (χ1n) is 13.1. The summed E-state index contributed by atoms with van der Waals surface area (Å²) in [5.41, 5.74) is 6.85. The van der Waals surface area contributed by atoms with Gasteiger partial charge in [-0.05, 0) is 92.6 Å². The van der Waals surface area contributed by atoms with Gasteiger partial charge in [-0.15, -0.1) is 0 Å². The molecule has 1 aliphatic rings. The highest BCUT2D eigenvalue weighted by molar-refractivity contribution is 7.80. The minimum absolute atomic E-state index is 0.0320. The number of nitrogens with one attached hydrogen (secondary N) is 2. The van der Waals surface area contributed by atoms with E-state index in [1.54, 1.807) is 18.3 Å². The largest absolute Gasteiger partial charge is 0.478 e. The number of carboxylic acid groups (broad SMARTS) is 1. The van der Waals surface area contributed by atoms with Crippen LogP contribution >= 0.6 is 12.2 Å². The van der Waals surface area contributed by atoms with Crippen molar-refractivity contribution in [3.8, 4) is 5.69 Å². The van der Waals surface area contributed by atoms with Crippen molar-refractivity contribution in [3.05, 3.63) is 107 Å². The van der Waals surface area contributed by atoms with Gasteiger partial charge in [-0.25, -0.2) is 4.79 Å². The molecule has 41 heavy (non-hydrogen) atoms. The predicted molar refractivity (Wildman–Crippen MR) is 162 cm³/mol. The molecule has 2 aromatic carbocycles. The molecular formula is C31H31N5O4S. The second-order valence-corrected chi connectivity index (χ2v) is 10.3. The smallest absolute Gasteiger partial charge is 0.337 e. The van der Waals surface area contributed by atoms with Gasteiger partial charge in [0.15, 0.2) is 5.11 Å². The number of rotatable bonds is 8. The number of hydrogen-bond donors (Lipinski definition) is 3. The van der Waals surface area contributed by atoms with Crippen molar-refractivity contribution in [1.82, 2.24) is 14.9 Å². The highest BCUT2D eigenvalue weighted by Gasteiger charge is 2.42. The first kappa shape index (κ1) is 28.0.